The van der Waals surface area contributed by atoms with E-state index in [1.807, 2.05) is 30.3 Å². The second-order valence-corrected chi connectivity index (χ2v) is 7.86. The number of hydrogen-bond acceptors (Lipinski definition) is 5. The minimum Gasteiger partial charge on any atom is -0.480 e. The van der Waals surface area contributed by atoms with Gasteiger partial charge < -0.3 is 20.5 Å². The van der Waals surface area contributed by atoms with Gasteiger partial charge in [-0.25, -0.2) is 9.59 Å². The van der Waals surface area contributed by atoms with Gasteiger partial charge in [-0.05, 0) is 28.8 Å². The number of benzene rings is 3. The van der Waals surface area contributed by atoms with Crippen LogP contribution >= 0.6 is 0 Å². The zero-order chi connectivity index (χ0) is 25.0. The summed E-state index contributed by atoms with van der Waals surface area (Å²) in [4.78, 5) is 37.4. The molecule has 3 rings (SSSR count). The molecule has 8 nitrogen and oxygen atoms in total. The number of amides is 2. The molecule has 178 valence electrons. The molecule has 0 bridgehead atoms. The standard InChI is InChI=1S/C27H25N3O5/c28-17-22-13-7-12-21(14-22)16-24(26(32)33)29-25(31)23(15-19-8-3-1-4-9-19)30-27(34)35-18-20-10-5-2-6-11-20/h1-14,23-24H,15-16,18H2,(H,29,31)(H,30,34)(H,32,33)/t23-,24-/m0/s1. The number of aliphatic carboxylic acids is 1. The van der Waals surface area contributed by atoms with Crippen molar-refractivity contribution in [1.29, 1.82) is 5.26 Å². The van der Waals surface area contributed by atoms with Crippen LogP contribution in [0.3, 0.4) is 0 Å². The van der Waals surface area contributed by atoms with Gasteiger partial charge in [0, 0.05) is 12.8 Å². The molecular weight excluding hydrogens is 446 g/mol. The number of nitrogens with zero attached hydrogens (tertiary/aromatic N) is 1. The summed E-state index contributed by atoms with van der Waals surface area (Å²) in [6.07, 6.45) is -0.672. The summed E-state index contributed by atoms with van der Waals surface area (Å²) in [5.74, 6) is -1.89. The zero-order valence-corrected chi connectivity index (χ0v) is 18.9. The van der Waals surface area contributed by atoms with Gasteiger partial charge in [-0.1, -0.05) is 72.8 Å². The molecule has 3 aromatic rings. The maximum Gasteiger partial charge on any atom is 0.408 e. The second-order valence-electron chi connectivity index (χ2n) is 7.86. The van der Waals surface area contributed by atoms with Gasteiger partial charge in [-0.2, -0.15) is 5.26 Å². The molecule has 3 aromatic carbocycles. The van der Waals surface area contributed by atoms with Crippen molar-refractivity contribution in [1.82, 2.24) is 10.6 Å². The van der Waals surface area contributed by atoms with Crippen molar-refractivity contribution in [2.45, 2.75) is 31.5 Å². The number of carboxylic acid groups (broad SMARTS) is 1. The molecule has 0 aliphatic carbocycles. The Morgan fingerprint density at radius 1 is 0.800 bits per heavy atom. The Bertz CT molecular complexity index is 1190. The lowest BCUT2D eigenvalue weighted by molar-refractivity contribution is -0.142. The number of rotatable bonds is 10. The molecule has 0 saturated carbocycles. The first-order valence-electron chi connectivity index (χ1n) is 11.0. The predicted octanol–water partition coefficient (Wildman–Crippen LogP) is 3.21. The van der Waals surface area contributed by atoms with Gasteiger partial charge in [0.2, 0.25) is 5.91 Å². The normalized spacial score (nSPS) is 12.0. The monoisotopic (exact) mass is 471 g/mol. The Balaban J connectivity index is 1.70. The highest BCUT2D eigenvalue weighted by atomic mass is 16.5. The van der Waals surface area contributed by atoms with Crippen LogP contribution in [0.2, 0.25) is 0 Å². The number of nitriles is 1. The van der Waals surface area contributed by atoms with Crippen LogP contribution in [0.4, 0.5) is 4.79 Å². The molecule has 0 aliphatic heterocycles. The smallest absolute Gasteiger partial charge is 0.408 e. The molecule has 35 heavy (non-hydrogen) atoms. The number of nitrogens with one attached hydrogen (secondary N) is 2. The van der Waals surface area contributed by atoms with E-state index in [-0.39, 0.29) is 19.4 Å². The Hall–Kier alpha value is -4.64. The number of alkyl carbamates (subject to hydrolysis) is 1. The summed E-state index contributed by atoms with van der Waals surface area (Å²) in [7, 11) is 0. The lowest BCUT2D eigenvalue weighted by Crippen LogP contribution is -2.53. The van der Waals surface area contributed by atoms with Crippen molar-refractivity contribution < 1.29 is 24.2 Å². The average molecular weight is 472 g/mol. The van der Waals surface area contributed by atoms with Crippen LogP contribution in [-0.2, 0) is 33.8 Å². The fourth-order valence-corrected chi connectivity index (χ4v) is 3.44. The molecular formula is C27H25N3O5. The predicted molar refractivity (Wildman–Crippen MR) is 128 cm³/mol. The Morgan fingerprint density at radius 2 is 1.40 bits per heavy atom. The SMILES string of the molecule is N#Cc1cccc(C[C@H](NC(=O)[C@H](Cc2ccccc2)NC(=O)OCc2ccccc2)C(=O)O)c1. The van der Waals surface area contributed by atoms with Crippen molar-refractivity contribution in [3.63, 3.8) is 0 Å². The minimum atomic E-state index is -1.25. The molecule has 2 amide bonds. The molecule has 0 fully saturated rings. The summed E-state index contributed by atoms with van der Waals surface area (Å²) in [5, 5.41) is 23.8. The quantitative estimate of drug-likeness (QED) is 0.417. The fraction of sp³-hybridized carbons (Fsp3) is 0.185. The van der Waals surface area contributed by atoms with E-state index in [1.165, 1.54) is 0 Å². The highest BCUT2D eigenvalue weighted by molar-refractivity contribution is 5.89. The Labute approximate surface area is 203 Å². The Kier molecular flexibility index (Phi) is 8.97. The zero-order valence-electron chi connectivity index (χ0n) is 18.9. The fourth-order valence-electron chi connectivity index (χ4n) is 3.44. The molecule has 0 unspecified atom stereocenters. The molecule has 8 heteroatoms. The van der Waals surface area contributed by atoms with E-state index in [2.05, 4.69) is 10.6 Å². The lowest BCUT2D eigenvalue weighted by Gasteiger charge is -2.21. The number of carboxylic acids is 1. The van der Waals surface area contributed by atoms with Gasteiger partial charge >= 0.3 is 12.1 Å². The van der Waals surface area contributed by atoms with Crippen LogP contribution in [-0.4, -0.2) is 35.2 Å². The van der Waals surface area contributed by atoms with E-state index in [9.17, 15) is 19.5 Å². The first kappa shape index (κ1) is 25.0. The van der Waals surface area contributed by atoms with E-state index in [0.29, 0.717) is 11.1 Å². The molecule has 0 radical (unpaired) electrons. The molecule has 2 atom stereocenters. The van der Waals surface area contributed by atoms with E-state index in [4.69, 9.17) is 10.00 Å². The van der Waals surface area contributed by atoms with Crippen molar-refractivity contribution in [3.05, 3.63) is 107 Å². The van der Waals surface area contributed by atoms with Crippen LogP contribution in [0.5, 0.6) is 0 Å². The van der Waals surface area contributed by atoms with E-state index < -0.39 is 30.1 Å². The third-order valence-electron chi connectivity index (χ3n) is 5.21. The van der Waals surface area contributed by atoms with Crippen molar-refractivity contribution >= 4 is 18.0 Å². The largest absolute Gasteiger partial charge is 0.480 e. The van der Waals surface area contributed by atoms with Gasteiger partial charge in [0.15, 0.2) is 0 Å². The lowest BCUT2D eigenvalue weighted by atomic mass is 10.0. The van der Waals surface area contributed by atoms with Crippen LogP contribution in [0.15, 0.2) is 84.9 Å². The van der Waals surface area contributed by atoms with Crippen LogP contribution in [0.25, 0.3) is 0 Å². The summed E-state index contributed by atoms with van der Waals surface area (Å²) in [5.41, 5.74) is 2.55. The third kappa shape index (κ3) is 8.02. The average Bonchev–Trinajstić information content (AvgIpc) is 2.88. The first-order chi connectivity index (χ1) is 16.9. The maximum absolute atomic E-state index is 13.1. The second kappa shape index (κ2) is 12.6. The van der Waals surface area contributed by atoms with Crippen molar-refractivity contribution in [3.8, 4) is 6.07 Å². The van der Waals surface area contributed by atoms with Crippen molar-refractivity contribution in [2.24, 2.45) is 0 Å². The van der Waals surface area contributed by atoms with Crippen LogP contribution in [0.1, 0.15) is 22.3 Å². The van der Waals surface area contributed by atoms with E-state index >= 15 is 0 Å². The molecule has 0 spiro atoms. The van der Waals surface area contributed by atoms with Crippen molar-refractivity contribution in [2.75, 3.05) is 0 Å². The summed E-state index contributed by atoms with van der Waals surface area (Å²) in [6.45, 7) is 0.0271. The molecule has 0 aliphatic rings. The highest BCUT2D eigenvalue weighted by Crippen LogP contribution is 2.10. The summed E-state index contributed by atoms with van der Waals surface area (Å²) < 4.78 is 5.24. The van der Waals surface area contributed by atoms with Gasteiger partial charge in [0.05, 0.1) is 11.6 Å². The van der Waals surface area contributed by atoms with Gasteiger partial charge in [-0.15, -0.1) is 0 Å². The number of hydrogen-bond donors (Lipinski definition) is 3. The summed E-state index contributed by atoms with van der Waals surface area (Å²) in [6, 6.07) is 24.4. The van der Waals surface area contributed by atoms with E-state index in [0.717, 1.165) is 11.1 Å². The topological polar surface area (TPSA) is 129 Å². The van der Waals surface area contributed by atoms with Gasteiger partial charge in [0.1, 0.15) is 18.7 Å². The number of ether oxygens (including phenoxy) is 1. The number of carbonyl (C=O) groups excluding carboxylic acids is 2. The molecule has 0 heterocycles. The van der Waals surface area contributed by atoms with Gasteiger partial charge in [-0.3, -0.25) is 4.79 Å². The molecule has 0 saturated heterocycles. The Morgan fingerprint density at radius 3 is 2.03 bits per heavy atom. The number of carbonyl (C=O) groups is 3. The third-order valence-corrected chi connectivity index (χ3v) is 5.21. The summed E-state index contributed by atoms with van der Waals surface area (Å²) >= 11 is 0. The maximum atomic E-state index is 13.1. The van der Waals surface area contributed by atoms with Gasteiger partial charge in [0.25, 0.3) is 0 Å². The minimum absolute atomic E-state index is 0.0207. The molecule has 0 aromatic heterocycles. The molecule has 3 N–H and O–H groups in total. The first-order valence-corrected chi connectivity index (χ1v) is 11.0. The van der Waals surface area contributed by atoms with Crippen LogP contribution < -0.4 is 10.6 Å². The highest BCUT2D eigenvalue weighted by Gasteiger charge is 2.27. The van der Waals surface area contributed by atoms with Crippen LogP contribution in [0, 0.1) is 11.3 Å². The van der Waals surface area contributed by atoms with E-state index in [1.54, 1.807) is 60.7 Å².